The fraction of sp³-hybridized carbons (Fsp3) is 0.321. The van der Waals surface area contributed by atoms with Crippen LogP contribution in [-0.2, 0) is 0 Å². The van der Waals surface area contributed by atoms with Crippen LogP contribution in [0, 0.1) is 0 Å². The summed E-state index contributed by atoms with van der Waals surface area (Å²) >= 11 is 5.47. The predicted octanol–water partition coefficient (Wildman–Crippen LogP) is 7.02. The second-order valence-electron chi connectivity index (χ2n) is 7.78. The Morgan fingerprint density at radius 3 is 2.03 bits per heavy atom. The van der Waals surface area contributed by atoms with Gasteiger partial charge in [0.15, 0.2) is 5.11 Å². The summed E-state index contributed by atoms with van der Waals surface area (Å²) in [6, 6.07) is 26.6. The number of rotatable bonds is 12. The first kappa shape index (κ1) is 24.6. The van der Waals surface area contributed by atoms with Crippen molar-refractivity contribution in [3.63, 3.8) is 0 Å². The number of hydrogen-bond donors (Lipinski definition) is 1. The van der Waals surface area contributed by atoms with Crippen molar-refractivity contribution in [2.75, 3.05) is 31.6 Å². The minimum absolute atomic E-state index is 0.690. The van der Waals surface area contributed by atoms with Gasteiger partial charge in [-0.3, -0.25) is 0 Å². The molecular weight excluding hydrogens is 428 g/mol. The van der Waals surface area contributed by atoms with E-state index in [1.807, 2.05) is 42.5 Å². The van der Waals surface area contributed by atoms with Crippen molar-refractivity contribution in [2.24, 2.45) is 0 Å². The van der Waals surface area contributed by atoms with E-state index in [1.165, 1.54) is 11.1 Å². The van der Waals surface area contributed by atoms with Gasteiger partial charge < -0.3 is 19.7 Å². The maximum atomic E-state index is 5.92. The molecule has 0 aromatic heterocycles. The Morgan fingerprint density at radius 2 is 1.36 bits per heavy atom. The van der Waals surface area contributed by atoms with Crippen molar-refractivity contribution in [3.8, 4) is 22.6 Å². The number of hydrogen-bond acceptors (Lipinski definition) is 3. The topological polar surface area (TPSA) is 33.7 Å². The van der Waals surface area contributed by atoms with Crippen LogP contribution in [0.3, 0.4) is 0 Å². The third-order valence-corrected chi connectivity index (χ3v) is 5.78. The lowest BCUT2D eigenvalue weighted by molar-refractivity contribution is 0.279. The summed E-state index contributed by atoms with van der Waals surface area (Å²) in [5.41, 5.74) is 3.38. The van der Waals surface area contributed by atoms with Gasteiger partial charge in [-0.05, 0) is 80.7 Å². The normalized spacial score (nSPS) is 10.5. The fourth-order valence-corrected chi connectivity index (χ4v) is 3.89. The third kappa shape index (κ3) is 8.10. The number of unbranched alkanes of at least 4 members (excludes halogenated alkanes) is 2. The van der Waals surface area contributed by atoms with Gasteiger partial charge in [0, 0.05) is 24.8 Å². The summed E-state index contributed by atoms with van der Waals surface area (Å²) in [5.74, 6) is 1.77. The van der Waals surface area contributed by atoms with Crippen LogP contribution in [-0.4, -0.2) is 36.3 Å². The van der Waals surface area contributed by atoms with Gasteiger partial charge in [0.05, 0.1) is 13.2 Å². The average molecular weight is 463 g/mol. The van der Waals surface area contributed by atoms with Crippen LogP contribution in [0.5, 0.6) is 11.5 Å². The molecule has 0 saturated heterocycles. The summed E-state index contributed by atoms with van der Waals surface area (Å²) in [5, 5.41) is 4.03. The van der Waals surface area contributed by atoms with Crippen LogP contribution in [0.25, 0.3) is 11.1 Å². The van der Waals surface area contributed by atoms with Gasteiger partial charge in [0.2, 0.25) is 0 Å². The van der Waals surface area contributed by atoms with Crippen LogP contribution in [0.15, 0.2) is 78.9 Å². The Balaban J connectivity index is 1.31. The van der Waals surface area contributed by atoms with Crippen molar-refractivity contribution < 1.29 is 9.47 Å². The van der Waals surface area contributed by atoms with E-state index in [0.29, 0.717) is 13.2 Å². The van der Waals surface area contributed by atoms with Crippen LogP contribution < -0.4 is 14.8 Å². The highest BCUT2D eigenvalue weighted by molar-refractivity contribution is 7.80. The quantitative estimate of drug-likeness (QED) is 0.231. The molecule has 0 aliphatic rings. The molecule has 0 saturated carbocycles. The van der Waals surface area contributed by atoms with Crippen LogP contribution in [0.4, 0.5) is 5.69 Å². The van der Waals surface area contributed by atoms with Crippen LogP contribution >= 0.6 is 12.2 Å². The molecule has 5 heteroatoms. The van der Waals surface area contributed by atoms with Crippen LogP contribution in [0.2, 0.25) is 0 Å². The molecule has 0 bridgehead atoms. The van der Waals surface area contributed by atoms with Gasteiger partial charge >= 0.3 is 0 Å². The fourth-order valence-electron chi connectivity index (χ4n) is 3.51. The molecule has 0 heterocycles. The molecule has 0 aliphatic carbocycles. The van der Waals surface area contributed by atoms with Crippen molar-refractivity contribution in [3.05, 3.63) is 78.9 Å². The molecule has 3 rings (SSSR count). The molecule has 0 aliphatic heterocycles. The highest BCUT2D eigenvalue weighted by Crippen LogP contribution is 2.22. The summed E-state index contributed by atoms with van der Waals surface area (Å²) in [6.45, 7) is 7.39. The van der Waals surface area contributed by atoms with Gasteiger partial charge in [-0.2, -0.15) is 0 Å². The minimum Gasteiger partial charge on any atom is -0.494 e. The second-order valence-corrected chi connectivity index (χ2v) is 8.16. The zero-order chi connectivity index (χ0) is 23.3. The van der Waals surface area contributed by atoms with E-state index >= 15 is 0 Å². The first-order chi connectivity index (χ1) is 16.2. The van der Waals surface area contributed by atoms with Gasteiger partial charge in [-0.1, -0.05) is 48.5 Å². The highest BCUT2D eigenvalue weighted by Gasteiger charge is 2.06. The number of nitrogens with zero attached hydrogens (tertiary/aromatic N) is 1. The monoisotopic (exact) mass is 462 g/mol. The zero-order valence-corrected chi connectivity index (χ0v) is 20.4. The van der Waals surface area contributed by atoms with Crippen LogP contribution in [0.1, 0.15) is 33.1 Å². The molecule has 0 spiro atoms. The Hall–Kier alpha value is -3.05. The first-order valence-electron chi connectivity index (χ1n) is 11.8. The Kier molecular flexibility index (Phi) is 10.0. The summed E-state index contributed by atoms with van der Waals surface area (Å²) in [7, 11) is 0. The Labute approximate surface area is 203 Å². The number of thiocarbonyl (C=S) groups is 1. The van der Waals surface area contributed by atoms with Gasteiger partial charge in [-0.25, -0.2) is 0 Å². The SMILES string of the molecule is CCN(CC)C(=S)Nc1cccc(OCCCCCOc2ccc(-c3ccccc3)cc2)c1. The Bertz CT molecular complexity index is 973. The molecule has 1 N–H and O–H groups in total. The van der Waals surface area contributed by atoms with Crippen molar-refractivity contribution in [1.29, 1.82) is 0 Å². The third-order valence-electron chi connectivity index (χ3n) is 5.42. The van der Waals surface area contributed by atoms with E-state index < -0.39 is 0 Å². The lowest BCUT2D eigenvalue weighted by atomic mass is 10.1. The zero-order valence-electron chi connectivity index (χ0n) is 19.6. The average Bonchev–Trinajstić information content (AvgIpc) is 2.85. The summed E-state index contributed by atoms with van der Waals surface area (Å²) in [6.07, 6.45) is 3.06. The second kappa shape index (κ2) is 13.5. The van der Waals surface area contributed by atoms with E-state index in [4.69, 9.17) is 21.7 Å². The smallest absolute Gasteiger partial charge is 0.173 e. The van der Waals surface area contributed by atoms with Gasteiger partial charge in [0.1, 0.15) is 11.5 Å². The van der Waals surface area contributed by atoms with Crippen molar-refractivity contribution >= 4 is 23.0 Å². The lowest BCUT2D eigenvalue weighted by Gasteiger charge is -2.22. The van der Waals surface area contributed by atoms with E-state index in [9.17, 15) is 0 Å². The van der Waals surface area contributed by atoms with Gasteiger partial charge in [-0.15, -0.1) is 0 Å². The molecule has 4 nitrogen and oxygen atoms in total. The first-order valence-corrected chi connectivity index (χ1v) is 12.2. The standard InChI is InChI=1S/C28H34N2O2S/c1-3-30(4-2)28(33)29-25-14-11-15-27(22-25)32-21-10-6-9-20-31-26-18-16-24(17-19-26)23-12-7-5-8-13-23/h5,7-8,11-19,22H,3-4,6,9-10,20-21H2,1-2H3,(H,29,33). The molecule has 0 amide bonds. The Morgan fingerprint density at radius 1 is 0.727 bits per heavy atom. The molecule has 0 fully saturated rings. The molecule has 33 heavy (non-hydrogen) atoms. The number of anilines is 1. The predicted molar refractivity (Wildman–Crippen MR) is 142 cm³/mol. The van der Waals surface area contributed by atoms with Crippen molar-refractivity contribution in [2.45, 2.75) is 33.1 Å². The molecule has 3 aromatic carbocycles. The van der Waals surface area contributed by atoms with Crippen molar-refractivity contribution in [1.82, 2.24) is 4.90 Å². The highest BCUT2D eigenvalue weighted by atomic mass is 32.1. The van der Waals surface area contributed by atoms with E-state index in [-0.39, 0.29) is 0 Å². The lowest BCUT2D eigenvalue weighted by Crippen LogP contribution is -2.34. The summed E-state index contributed by atoms with van der Waals surface area (Å²) in [4.78, 5) is 2.11. The molecule has 0 radical (unpaired) electrons. The van der Waals surface area contributed by atoms with E-state index in [0.717, 1.165) is 54.7 Å². The van der Waals surface area contributed by atoms with Gasteiger partial charge in [0.25, 0.3) is 0 Å². The molecule has 0 atom stereocenters. The molecule has 3 aromatic rings. The van der Waals surface area contributed by atoms with E-state index in [1.54, 1.807) is 0 Å². The number of benzene rings is 3. The largest absolute Gasteiger partial charge is 0.494 e. The maximum absolute atomic E-state index is 5.92. The maximum Gasteiger partial charge on any atom is 0.173 e. The van der Waals surface area contributed by atoms with E-state index in [2.05, 4.69) is 60.5 Å². The molecular formula is C28H34N2O2S. The molecule has 174 valence electrons. The summed E-state index contributed by atoms with van der Waals surface area (Å²) < 4.78 is 11.8. The number of ether oxygens (including phenoxy) is 2. The number of nitrogens with one attached hydrogen (secondary N) is 1. The minimum atomic E-state index is 0.690. The molecule has 0 unspecified atom stereocenters.